The number of ketones is 1. The van der Waals surface area contributed by atoms with Gasteiger partial charge in [-0.05, 0) is 62.7 Å². The summed E-state index contributed by atoms with van der Waals surface area (Å²) in [6, 6.07) is 8.69. The lowest BCUT2D eigenvalue weighted by Crippen LogP contribution is -2.47. The van der Waals surface area contributed by atoms with E-state index in [4.69, 9.17) is 14.6 Å². The van der Waals surface area contributed by atoms with Crippen LogP contribution in [-0.4, -0.2) is 88.5 Å². The van der Waals surface area contributed by atoms with Gasteiger partial charge in [0.25, 0.3) is 0 Å². The van der Waals surface area contributed by atoms with Gasteiger partial charge >= 0.3 is 0 Å². The van der Waals surface area contributed by atoms with Crippen LogP contribution in [0.4, 0.5) is 0 Å². The van der Waals surface area contributed by atoms with E-state index in [2.05, 4.69) is 14.4 Å². The number of unbranched alkanes of at least 4 members (excludes halogenated alkanes) is 1. The van der Waals surface area contributed by atoms with E-state index in [0.717, 1.165) is 86.6 Å². The Balaban J connectivity index is 1.35. The first-order valence-electron chi connectivity index (χ1n) is 13.1. The number of fused-ring (bicyclic) bond motifs is 2. The number of allylic oxidation sites excluding steroid dienone is 1. The fourth-order valence-corrected chi connectivity index (χ4v) is 5.43. The van der Waals surface area contributed by atoms with Crippen molar-refractivity contribution in [3.8, 4) is 23.0 Å². The van der Waals surface area contributed by atoms with Crippen LogP contribution in [0.2, 0.25) is 0 Å². The molecule has 3 aromatic rings. The molecule has 9 heteroatoms. The van der Waals surface area contributed by atoms with Gasteiger partial charge in [-0.15, -0.1) is 0 Å². The third-order valence-electron chi connectivity index (χ3n) is 7.63. The SMILES string of the molecule is COc1ccc2c(c1)c(/C=C1\Oc3c(ccc(O)c3O)C1=O)c(C)n2CCCCN1CCN(CCO)CC1. The number of benzene rings is 2. The third kappa shape index (κ3) is 4.97. The van der Waals surface area contributed by atoms with Crippen LogP contribution in [0.5, 0.6) is 23.0 Å². The quantitative estimate of drug-likeness (QED) is 0.224. The molecule has 0 saturated carbocycles. The monoisotopic (exact) mass is 521 g/mol. The Morgan fingerprint density at radius 2 is 1.71 bits per heavy atom. The number of hydrogen-bond donors (Lipinski definition) is 3. The van der Waals surface area contributed by atoms with Gasteiger partial charge in [-0.1, -0.05) is 0 Å². The van der Waals surface area contributed by atoms with Gasteiger partial charge in [-0.25, -0.2) is 0 Å². The molecule has 0 unspecified atom stereocenters. The number of phenolic OH excluding ortho intramolecular Hbond substituents is 2. The first-order valence-corrected chi connectivity index (χ1v) is 13.1. The number of piperazine rings is 1. The van der Waals surface area contributed by atoms with Crippen LogP contribution in [0, 0.1) is 6.92 Å². The lowest BCUT2D eigenvalue weighted by atomic mass is 10.1. The molecule has 0 atom stereocenters. The Morgan fingerprint density at radius 1 is 1.00 bits per heavy atom. The smallest absolute Gasteiger partial charge is 0.232 e. The van der Waals surface area contributed by atoms with Gasteiger partial charge in [0.15, 0.2) is 17.3 Å². The Morgan fingerprint density at radius 3 is 2.42 bits per heavy atom. The predicted octanol–water partition coefficient (Wildman–Crippen LogP) is 3.38. The zero-order valence-corrected chi connectivity index (χ0v) is 21.9. The summed E-state index contributed by atoms with van der Waals surface area (Å²) < 4.78 is 13.5. The number of carbonyl (C=O) groups excluding carboxylic acids is 1. The predicted molar refractivity (Wildman–Crippen MR) is 145 cm³/mol. The summed E-state index contributed by atoms with van der Waals surface area (Å²) in [7, 11) is 1.63. The molecule has 2 aliphatic heterocycles. The molecule has 9 nitrogen and oxygen atoms in total. The standard InChI is InChI=1S/C29H35N3O6/c1-19-22(18-26-27(35)21-6-8-25(34)28(36)29(21)38-26)23-17-20(37-2)5-7-24(23)32(19)10-4-3-9-30-11-13-31(14-12-30)15-16-33/h5-8,17-18,33-34,36H,3-4,9-16H2,1-2H3/b26-18-. The minimum absolute atomic E-state index is 0.0163. The molecule has 3 heterocycles. The zero-order chi connectivity index (χ0) is 26.8. The van der Waals surface area contributed by atoms with Crippen molar-refractivity contribution in [2.24, 2.45) is 0 Å². The maximum absolute atomic E-state index is 13.0. The molecule has 1 fully saturated rings. The van der Waals surface area contributed by atoms with Crippen LogP contribution in [0.1, 0.15) is 34.5 Å². The van der Waals surface area contributed by atoms with Crippen LogP contribution in [0.15, 0.2) is 36.1 Å². The number of hydrogen-bond acceptors (Lipinski definition) is 8. The molecule has 1 aromatic heterocycles. The van der Waals surface area contributed by atoms with Crippen molar-refractivity contribution in [3.63, 3.8) is 0 Å². The highest BCUT2D eigenvalue weighted by atomic mass is 16.5. The summed E-state index contributed by atoms with van der Waals surface area (Å²) >= 11 is 0. The van der Waals surface area contributed by atoms with E-state index in [0.29, 0.717) is 0 Å². The molecule has 202 valence electrons. The molecule has 3 N–H and O–H groups in total. The van der Waals surface area contributed by atoms with Crippen LogP contribution in [-0.2, 0) is 6.54 Å². The number of β-amino-alcohol motifs (C(OH)–C–C–N with tert-alkyl or cyclic N) is 1. The van der Waals surface area contributed by atoms with Gasteiger partial charge in [0.2, 0.25) is 11.5 Å². The van der Waals surface area contributed by atoms with Crippen molar-refractivity contribution in [2.75, 3.05) is 53.0 Å². The number of aliphatic hydroxyl groups is 1. The first-order chi connectivity index (χ1) is 18.4. The molecule has 0 radical (unpaired) electrons. The summed E-state index contributed by atoms with van der Waals surface area (Å²) in [5.41, 5.74) is 3.15. The van der Waals surface area contributed by atoms with E-state index in [1.54, 1.807) is 13.2 Å². The van der Waals surface area contributed by atoms with Gasteiger partial charge in [0.05, 0.1) is 19.3 Å². The minimum atomic E-state index is -0.435. The average Bonchev–Trinajstić information content (AvgIpc) is 3.38. The van der Waals surface area contributed by atoms with Crippen molar-refractivity contribution in [3.05, 3.63) is 52.9 Å². The highest BCUT2D eigenvalue weighted by molar-refractivity contribution is 6.16. The molecule has 38 heavy (non-hydrogen) atoms. The maximum atomic E-state index is 13.0. The molecule has 2 aliphatic rings. The Kier molecular flexibility index (Phi) is 7.60. The second-order valence-corrected chi connectivity index (χ2v) is 9.90. The summed E-state index contributed by atoms with van der Waals surface area (Å²) in [6.45, 7) is 8.97. The summed E-state index contributed by atoms with van der Waals surface area (Å²) in [4.78, 5) is 17.8. The number of aromatic hydroxyl groups is 2. The van der Waals surface area contributed by atoms with Crippen LogP contribution in [0.25, 0.3) is 17.0 Å². The van der Waals surface area contributed by atoms with E-state index in [1.807, 2.05) is 25.1 Å². The summed E-state index contributed by atoms with van der Waals surface area (Å²) in [6.07, 6.45) is 3.81. The van der Waals surface area contributed by atoms with Gasteiger partial charge < -0.3 is 34.3 Å². The Labute approximate surface area is 222 Å². The van der Waals surface area contributed by atoms with Gasteiger partial charge in [-0.2, -0.15) is 0 Å². The number of rotatable bonds is 9. The van der Waals surface area contributed by atoms with E-state index in [1.165, 1.54) is 12.1 Å². The number of nitrogens with zero attached hydrogens (tertiary/aromatic N) is 3. The third-order valence-corrected chi connectivity index (χ3v) is 7.63. The lowest BCUT2D eigenvalue weighted by molar-refractivity contribution is 0.101. The molecule has 0 bridgehead atoms. The summed E-state index contributed by atoms with van der Waals surface area (Å²) in [5, 5.41) is 30.1. The molecular weight excluding hydrogens is 486 g/mol. The zero-order valence-electron chi connectivity index (χ0n) is 21.9. The van der Waals surface area contributed by atoms with Gasteiger partial charge in [-0.3, -0.25) is 9.69 Å². The van der Waals surface area contributed by atoms with Gasteiger partial charge in [0.1, 0.15) is 5.75 Å². The minimum Gasteiger partial charge on any atom is -0.504 e. The Bertz CT molecular complexity index is 1370. The van der Waals surface area contributed by atoms with Crippen LogP contribution < -0.4 is 9.47 Å². The van der Waals surface area contributed by atoms with E-state index in [-0.39, 0.29) is 35.2 Å². The van der Waals surface area contributed by atoms with Crippen molar-refractivity contribution < 1.29 is 29.6 Å². The molecule has 0 amide bonds. The van der Waals surface area contributed by atoms with Crippen LogP contribution in [0.3, 0.4) is 0 Å². The fourth-order valence-electron chi connectivity index (χ4n) is 5.43. The van der Waals surface area contributed by atoms with Crippen molar-refractivity contribution >= 4 is 22.8 Å². The van der Waals surface area contributed by atoms with E-state index in [9.17, 15) is 15.0 Å². The van der Waals surface area contributed by atoms with E-state index < -0.39 is 5.75 Å². The number of phenols is 2. The summed E-state index contributed by atoms with van der Waals surface area (Å²) in [5.74, 6) is -0.294. The average molecular weight is 522 g/mol. The van der Waals surface area contributed by atoms with Crippen molar-refractivity contribution in [1.82, 2.24) is 14.4 Å². The number of carbonyl (C=O) groups is 1. The van der Waals surface area contributed by atoms with Crippen LogP contribution >= 0.6 is 0 Å². The Hall–Kier alpha value is -3.53. The first kappa shape index (κ1) is 26.1. The second-order valence-electron chi connectivity index (χ2n) is 9.90. The highest BCUT2D eigenvalue weighted by Gasteiger charge is 2.32. The molecule has 2 aromatic carbocycles. The normalized spacial score (nSPS) is 17.3. The fraction of sp³-hybridized carbons (Fsp3) is 0.414. The number of aromatic nitrogens is 1. The molecular formula is C29H35N3O6. The highest BCUT2D eigenvalue weighted by Crippen LogP contribution is 2.44. The number of aryl methyl sites for hydroxylation is 1. The number of ether oxygens (including phenoxy) is 2. The van der Waals surface area contributed by atoms with Crippen molar-refractivity contribution in [2.45, 2.75) is 26.3 Å². The largest absolute Gasteiger partial charge is 0.504 e. The number of aliphatic hydroxyl groups excluding tert-OH is 1. The molecule has 1 saturated heterocycles. The number of Topliss-reactive ketones (excluding diaryl/α,β-unsaturated/α-hetero) is 1. The second kappa shape index (κ2) is 11.1. The molecule has 0 aliphatic carbocycles. The molecule has 0 spiro atoms. The maximum Gasteiger partial charge on any atom is 0.232 e. The number of methoxy groups -OCH3 is 1. The topological polar surface area (TPSA) is 108 Å². The van der Waals surface area contributed by atoms with E-state index >= 15 is 0 Å². The van der Waals surface area contributed by atoms with Crippen molar-refractivity contribution in [1.29, 1.82) is 0 Å². The molecule has 5 rings (SSSR count). The lowest BCUT2D eigenvalue weighted by Gasteiger charge is -2.34. The van der Waals surface area contributed by atoms with Gasteiger partial charge in [0, 0.05) is 61.4 Å².